The van der Waals surface area contributed by atoms with Crippen molar-refractivity contribution in [2.75, 3.05) is 13.2 Å². The van der Waals surface area contributed by atoms with Crippen molar-refractivity contribution in [3.63, 3.8) is 0 Å². The van der Waals surface area contributed by atoms with Crippen molar-refractivity contribution in [2.45, 2.75) is 52.3 Å². The maximum atomic E-state index is 13.3. The van der Waals surface area contributed by atoms with Crippen molar-refractivity contribution >= 4 is 17.8 Å². The molecular formula is C24H26N2O5. The molecule has 2 unspecified atom stereocenters. The highest BCUT2D eigenvalue weighted by molar-refractivity contribution is 5.96. The number of fused-ring (bicyclic) bond motifs is 2. The van der Waals surface area contributed by atoms with Gasteiger partial charge in [-0.2, -0.15) is 0 Å². The number of ether oxygens (including phenoxy) is 2. The maximum Gasteiger partial charge on any atom is 0.338 e. The lowest BCUT2D eigenvalue weighted by Crippen LogP contribution is -2.40. The Morgan fingerprint density at radius 1 is 1.10 bits per heavy atom. The highest BCUT2D eigenvalue weighted by atomic mass is 16.5. The van der Waals surface area contributed by atoms with Crippen LogP contribution >= 0.6 is 0 Å². The summed E-state index contributed by atoms with van der Waals surface area (Å²) >= 11 is 0. The number of nitrogens with one attached hydrogen (secondary N) is 1. The topological polar surface area (TPSA) is 84.9 Å². The Morgan fingerprint density at radius 3 is 2.68 bits per heavy atom. The summed E-state index contributed by atoms with van der Waals surface area (Å²) in [4.78, 5) is 38.5. The van der Waals surface area contributed by atoms with Gasteiger partial charge < -0.3 is 19.7 Å². The molecule has 2 aliphatic carbocycles. The summed E-state index contributed by atoms with van der Waals surface area (Å²) in [6, 6.07) is 4.29. The number of nitrogens with zero attached hydrogens (tertiary/aromatic N) is 1. The molecule has 3 fully saturated rings. The van der Waals surface area contributed by atoms with E-state index >= 15 is 0 Å². The van der Waals surface area contributed by atoms with Crippen LogP contribution in [0.4, 0.5) is 0 Å². The first-order chi connectivity index (χ1) is 14.9. The number of benzene rings is 1. The molecule has 4 atom stereocenters. The van der Waals surface area contributed by atoms with E-state index in [1.807, 2.05) is 17.0 Å². The van der Waals surface area contributed by atoms with Crippen molar-refractivity contribution in [1.82, 2.24) is 10.2 Å². The van der Waals surface area contributed by atoms with Crippen molar-refractivity contribution in [3.8, 4) is 0 Å². The molecule has 5 aliphatic rings. The summed E-state index contributed by atoms with van der Waals surface area (Å²) in [5, 5.41) is 3.69. The van der Waals surface area contributed by atoms with Crippen molar-refractivity contribution in [3.05, 3.63) is 45.7 Å². The zero-order valence-electron chi connectivity index (χ0n) is 17.8. The second kappa shape index (κ2) is 6.42. The normalized spacial score (nSPS) is 33.3. The van der Waals surface area contributed by atoms with Crippen molar-refractivity contribution in [1.29, 1.82) is 0 Å². The van der Waals surface area contributed by atoms with Gasteiger partial charge in [-0.15, -0.1) is 0 Å². The van der Waals surface area contributed by atoms with E-state index in [2.05, 4.69) is 12.2 Å². The third-order valence-corrected chi connectivity index (χ3v) is 8.43. The lowest BCUT2D eigenvalue weighted by atomic mass is 9.84. The SMILES string of the molecule is CC1=C(N2CC3C4C[C@@H](NCc5ccc6c(c5C)COC6=O)CC[C@@]43C2=O)COC1=O. The number of amides is 1. The lowest BCUT2D eigenvalue weighted by molar-refractivity contribution is -0.137. The number of carbonyl (C=O) groups excluding carboxylic acids is 3. The van der Waals surface area contributed by atoms with Gasteiger partial charge in [0.1, 0.15) is 13.2 Å². The Labute approximate surface area is 180 Å². The average molecular weight is 422 g/mol. The summed E-state index contributed by atoms with van der Waals surface area (Å²) in [6.07, 6.45) is 2.90. The molecule has 1 amide bonds. The summed E-state index contributed by atoms with van der Waals surface area (Å²) in [7, 11) is 0. The Bertz CT molecular complexity index is 1080. The van der Waals surface area contributed by atoms with Gasteiger partial charge in [0.2, 0.25) is 5.91 Å². The summed E-state index contributed by atoms with van der Waals surface area (Å²) in [6.45, 7) is 5.88. The molecule has 1 saturated heterocycles. The fourth-order valence-electron chi connectivity index (χ4n) is 6.44. The molecule has 3 heterocycles. The predicted molar refractivity (Wildman–Crippen MR) is 110 cm³/mol. The van der Waals surface area contributed by atoms with Gasteiger partial charge in [0, 0.05) is 24.7 Å². The minimum atomic E-state index is -0.303. The Kier molecular flexibility index (Phi) is 3.94. The van der Waals surface area contributed by atoms with Crippen LogP contribution in [0.3, 0.4) is 0 Å². The fraction of sp³-hybridized carbons (Fsp3) is 0.542. The van der Waals surface area contributed by atoms with E-state index in [0.29, 0.717) is 35.6 Å². The molecule has 7 heteroatoms. The molecule has 0 aromatic heterocycles. The molecule has 2 saturated carbocycles. The summed E-state index contributed by atoms with van der Waals surface area (Å²) in [5.41, 5.74) is 5.17. The minimum Gasteiger partial charge on any atom is -0.457 e. The quantitative estimate of drug-likeness (QED) is 0.749. The van der Waals surface area contributed by atoms with Crippen LogP contribution in [-0.2, 0) is 32.2 Å². The van der Waals surface area contributed by atoms with Gasteiger partial charge in [-0.1, -0.05) is 6.07 Å². The van der Waals surface area contributed by atoms with Crippen LogP contribution in [0.25, 0.3) is 0 Å². The third-order valence-electron chi connectivity index (χ3n) is 8.43. The lowest BCUT2D eigenvalue weighted by Gasteiger charge is -2.31. The van der Waals surface area contributed by atoms with Gasteiger partial charge in [0.25, 0.3) is 0 Å². The number of rotatable bonds is 4. The fourth-order valence-corrected chi connectivity index (χ4v) is 6.44. The average Bonchev–Trinajstić information content (AvgIpc) is 2.96. The summed E-state index contributed by atoms with van der Waals surface area (Å²) in [5.74, 6) is 0.505. The molecule has 0 bridgehead atoms. The number of piperidine rings is 1. The number of esters is 2. The first kappa shape index (κ1) is 19.0. The molecule has 31 heavy (non-hydrogen) atoms. The van der Waals surface area contributed by atoms with Gasteiger partial charge >= 0.3 is 11.9 Å². The standard InChI is InChI=1S/C24H26N2O5/c1-12-14(3-4-16-17(12)10-30-22(16)28)8-25-15-5-6-24-18(7-15)19(24)9-26(23(24)29)20-11-31-21(27)13(20)2/h3-4,15,18-19,25H,5-11H2,1-2H3/t15-,18?,19?,24+/m0/s1. The Balaban J connectivity index is 1.10. The predicted octanol–water partition coefficient (Wildman–Crippen LogP) is 2.21. The molecule has 7 nitrogen and oxygen atoms in total. The van der Waals surface area contributed by atoms with E-state index < -0.39 is 0 Å². The first-order valence-electron chi connectivity index (χ1n) is 11.1. The van der Waals surface area contributed by atoms with Crippen molar-refractivity contribution in [2.24, 2.45) is 17.3 Å². The molecule has 0 radical (unpaired) electrons. The molecule has 1 spiro atoms. The Hall–Kier alpha value is -2.67. The van der Waals surface area contributed by atoms with Crippen LogP contribution in [0, 0.1) is 24.2 Å². The van der Waals surface area contributed by atoms with Gasteiger partial charge in [-0.05, 0) is 62.1 Å². The van der Waals surface area contributed by atoms with E-state index in [1.54, 1.807) is 6.92 Å². The zero-order valence-corrected chi connectivity index (χ0v) is 17.8. The molecular weight excluding hydrogens is 396 g/mol. The van der Waals surface area contributed by atoms with Gasteiger partial charge in [0.15, 0.2) is 0 Å². The zero-order chi connectivity index (χ0) is 21.5. The number of cyclic esters (lactones) is 2. The first-order valence-corrected chi connectivity index (χ1v) is 11.1. The van der Waals surface area contributed by atoms with Crippen LogP contribution in [0.1, 0.15) is 53.2 Å². The van der Waals surface area contributed by atoms with Gasteiger partial charge in [-0.25, -0.2) is 9.59 Å². The van der Waals surface area contributed by atoms with E-state index in [0.717, 1.165) is 49.2 Å². The second-order valence-electron chi connectivity index (χ2n) is 9.62. The smallest absolute Gasteiger partial charge is 0.338 e. The van der Waals surface area contributed by atoms with Gasteiger partial charge in [0.05, 0.1) is 22.2 Å². The largest absolute Gasteiger partial charge is 0.457 e. The monoisotopic (exact) mass is 422 g/mol. The number of likely N-dealkylation sites (tertiary alicyclic amines) is 1. The van der Waals surface area contributed by atoms with Crippen LogP contribution in [0.2, 0.25) is 0 Å². The molecule has 3 aliphatic heterocycles. The van der Waals surface area contributed by atoms with Crippen LogP contribution in [0.15, 0.2) is 23.4 Å². The second-order valence-corrected chi connectivity index (χ2v) is 9.62. The van der Waals surface area contributed by atoms with Gasteiger partial charge in [-0.3, -0.25) is 4.79 Å². The molecule has 6 rings (SSSR count). The van der Waals surface area contributed by atoms with Crippen LogP contribution in [-0.4, -0.2) is 41.9 Å². The van der Waals surface area contributed by atoms with Crippen molar-refractivity contribution < 1.29 is 23.9 Å². The number of hydrogen-bond acceptors (Lipinski definition) is 6. The highest BCUT2D eigenvalue weighted by Crippen LogP contribution is 2.70. The molecule has 162 valence electrons. The minimum absolute atomic E-state index is 0.202. The summed E-state index contributed by atoms with van der Waals surface area (Å²) < 4.78 is 10.3. The molecule has 1 N–H and O–H groups in total. The van der Waals surface area contributed by atoms with Crippen LogP contribution in [0.5, 0.6) is 0 Å². The highest BCUT2D eigenvalue weighted by Gasteiger charge is 2.75. The van der Waals surface area contributed by atoms with E-state index in [1.165, 1.54) is 5.56 Å². The van der Waals surface area contributed by atoms with E-state index in [4.69, 9.17) is 9.47 Å². The Morgan fingerprint density at radius 2 is 1.90 bits per heavy atom. The van der Waals surface area contributed by atoms with Crippen LogP contribution < -0.4 is 5.32 Å². The molecule has 1 aromatic rings. The number of hydrogen-bond donors (Lipinski definition) is 1. The maximum absolute atomic E-state index is 13.3. The van der Waals surface area contributed by atoms with E-state index in [9.17, 15) is 14.4 Å². The van der Waals surface area contributed by atoms with E-state index in [-0.39, 0.29) is 29.9 Å². The molecule has 1 aromatic carbocycles. The number of carbonyl (C=O) groups is 3. The third kappa shape index (κ3) is 2.53.